The number of hydrogen-bond acceptors (Lipinski definition) is 21. The molecule has 1 saturated heterocycles. The number of rotatable bonds is 39. The number of carbonyl (C=O) groups excluding carboxylic acids is 1. The summed E-state index contributed by atoms with van der Waals surface area (Å²) in [6, 6.07) is 6.85. The second kappa shape index (κ2) is 33.1. The highest BCUT2D eigenvalue weighted by Crippen LogP contribution is 2.37. The third-order valence-corrected chi connectivity index (χ3v) is 11.8. The van der Waals surface area contributed by atoms with Gasteiger partial charge in [-0.3, -0.25) is 9.36 Å². The molecule has 0 bridgehead atoms. The SMILES string of the molecule is O=C(CCOCCOCCOCCOCCn1cc(COCCOCCOCCOCCN(Cc2ccccc2C(F)F)c2nc(Cl)nc3c2cnn3[C@@H]2O[C@H](COCP(=O)(O)O)[C@@H](O)[C@H]2O)nn1)Oc1c(F)cc(F)cc1F. The number of esters is 1. The first-order valence-electron chi connectivity index (χ1n) is 24.6. The van der Waals surface area contributed by atoms with E-state index in [2.05, 4.69) is 30.1 Å². The Morgan fingerprint density at radius 1 is 0.785 bits per heavy atom. The van der Waals surface area contributed by atoms with Crippen LogP contribution in [0.1, 0.15) is 35.9 Å². The highest BCUT2D eigenvalue weighted by Gasteiger charge is 2.45. The van der Waals surface area contributed by atoms with Gasteiger partial charge in [0.2, 0.25) is 11.0 Å². The van der Waals surface area contributed by atoms with Gasteiger partial charge in [0, 0.05) is 30.8 Å². The van der Waals surface area contributed by atoms with Crippen LogP contribution >= 0.6 is 19.2 Å². The molecule has 0 spiro atoms. The van der Waals surface area contributed by atoms with E-state index in [0.717, 1.165) is 4.68 Å². The summed E-state index contributed by atoms with van der Waals surface area (Å²) < 4.78 is 142. The van der Waals surface area contributed by atoms with Gasteiger partial charge < -0.3 is 77.0 Å². The molecule has 4 heterocycles. The van der Waals surface area contributed by atoms with Crippen molar-refractivity contribution < 1.29 is 103 Å². The van der Waals surface area contributed by atoms with Crippen LogP contribution in [0.25, 0.3) is 11.0 Å². The maximum atomic E-state index is 14.1. The second-order valence-electron chi connectivity index (χ2n) is 17.0. The van der Waals surface area contributed by atoms with Gasteiger partial charge in [-0.05, 0) is 17.2 Å². The Balaban J connectivity index is 0.788. The number of carbonyl (C=O) groups is 1. The summed E-state index contributed by atoms with van der Waals surface area (Å²) in [6.45, 7) is 3.96. The van der Waals surface area contributed by atoms with Gasteiger partial charge in [-0.2, -0.15) is 15.1 Å². The van der Waals surface area contributed by atoms with Crippen molar-refractivity contribution in [2.75, 3.05) is 124 Å². The minimum Gasteiger partial charge on any atom is -0.420 e. The van der Waals surface area contributed by atoms with Crippen molar-refractivity contribution in [2.24, 2.45) is 0 Å². The van der Waals surface area contributed by atoms with Crippen LogP contribution in [0.3, 0.4) is 0 Å². The van der Waals surface area contributed by atoms with E-state index in [1.165, 1.54) is 18.3 Å². The minimum absolute atomic E-state index is 0.0530. The van der Waals surface area contributed by atoms with Crippen molar-refractivity contribution in [2.45, 2.75) is 57.1 Å². The molecule has 5 aromatic rings. The van der Waals surface area contributed by atoms with Crippen LogP contribution in [0.15, 0.2) is 48.8 Å². The Labute approximate surface area is 453 Å². The van der Waals surface area contributed by atoms with Gasteiger partial charge in [-0.1, -0.05) is 29.5 Å². The predicted molar refractivity (Wildman–Crippen MR) is 264 cm³/mol. The molecule has 4 N–H and O–H groups in total. The number of aliphatic hydroxyl groups is 2. The normalized spacial score (nSPS) is 16.7. The first-order valence-corrected chi connectivity index (χ1v) is 26.8. The van der Waals surface area contributed by atoms with Crippen molar-refractivity contribution in [1.29, 1.82) is 0 Å². The summed E-state index contributed by atoms with van der Waals surface area (Å²) in [5.74, 6) is -5.49. The molecule has 0 saturated carbocycles. The molecule has 0 radical (unpaired) electrons. The summed E-state index contributed by atoms with van der Waals surface area (Å²) in [4.78, 5) is 40.3. The number of aliphatic hydroxyl groups excluding tert-OH is 2. The monoisotopic (exact) mass is 1170 g/mol. The molecule has 32 heteroatoms. The Morgan fingerprint density at radius 3 is 2.01 bits per heavy atom. The Morgan fingerprint density at radius 2 is 1.38 bits per heavy atom. The number of ether oxygens (including phenoxy) is 11. The molecule has 1 aliphatic heterocycles. The molecule has 2 aromatic carbocycles. The smallest absolute Gasteiger partial charge is 0.350 e. The van der Waals surface area contributed by atoms with E-state index in [1.54, 1.807) is 27.9 Å². The molecule has 438 valence electrons. The Hall–Kier alpha value is -4.99. The minimum atomic E-state index is -4.51. The molecular formula is C47H61ClF5N8O17P. The van der Waals surface area contributed by atoms with Crippen molar-refractivity contribution in [3.05, 3.63) is 88.3 Å². The van der Waals surface area contributed by atoms with Crippen molar-refractivity contribution in [1.82, 2.24) is 34.7 Å². The summed E-state index contributed by atoms with van der Waals surface area (Å²) in [7, 11) is -4.51. The van der Waals surface area contributed by atoms with Crippen LogP contribution in [0, 0.1) is 17.5 Å². The number of aromatic nitrogens is 7. The van der Waals surface area contributed by atoms with E-state index in [0.29, 0.717) is 88.2 Å². The quantitative estimate of drug-likeness (QED) is 0.0109. The number of anilines is 1. The first kappa shape index (κ1) is 63.2. The van der Waals surface area contributed by atoms with Crippen LogP contribution < -0.4 is 9.64 Å². The fraction of sp³-hybridized carbons (Fsp3) is 0.574. The lowest BCUT2D eigenvalue weighted by Crippen LogP contribution is -2.34. The van der Waals surface area contributed by atoms with Crippen LogP contribution in [0.5, 0.6) is 5.75 Å². The van der Waals surface area contributed by atoms with Crippen LogP contribution in [0.4, 0.5) is 27.8 Å². The fourth-order valence-electron chi connectivity index (χ4n) is 7.42. The number of hydrogen-bond donors (Lipinski definition) is 4. The van der Waals surface area contributed by atoms with Crippen molar-refractivity contribution in [3.8, 4) is 5.75 Å². The number of fused-ring (bicyclic) bond motifs is 1. The maximum absolute atomic E-state index is 14.1. The first-order chi connectivity index (χ1) is 38.1. The average molecular weight is 1170 g/mol. The number of alkyl halides is 2. The van der Waals surface area contributed by atoms with Crippen LogP contribution in [-0.4, -0.2) is 198 Å². The molecule has 6 rings (SSSR count). The molecule has 79 heavy (non-hydrogen) atoms. The summed E-state index contributed by atoms with van der Waals surface area (Å²) in [5.41, 5.74) is 0.819. The Bertz CT molecular complexity index is 2660. The van der Waals surface area contributed by atoms with E-state index in [4.69, 9.17) is 68.8 Å². The molecule has 4 atom stereocenters. The highest BCUT2D eigenvalue weighted by atomic mass is 35.5. The van der Waals surface area contributed by atoms with Gasteiger partial charge in [0.15, 0.2) is 23.5 Å². The zero-order chi connectivity index (χ0) is 56.6. The molecule has 0 aliphatic carbocycles. The topological polar surface area (TPSA) is 294 Å². The lowest BCUT2D eigenvalue weighted by molar-refractivity contribution is -0.136. The van der Waals surface area contributed by atoms with E-state index < -0.39 is 80.7 Å². The third kappa shape index (κ3) is 21.1. The van der Waals surface area contributed by atoms with Crippen molar-refractivity contribution >= 4 is 42.0 Å². The number of nitrogens with zero attached hydrogens (tertiary/aromatic N) is 8. The third-order valence-electron chi connectivity index (χ3n) is 11.1. The summed E-state index contributed by atoms with van der Waals surface area (Å²) in [6.07, 6.45) is -6.48. The largest absolute Gasteiger partial charge is 0.420 e. The molecule has 3 aromatic heterocycles. The van der Waals surface area contributed by atoms with Gasteiger partial charge in [0.25, 0.3) is 6.43 Å². The molecule has 25 nitrogen and oxygen atoms in total. The van der Waals surface area contributed by atoms with Gasteiger partial charge in [0.1, 0.15) is 42.0 Å². The summed E-state index contributed by atoms with van der Waals surface area (Å²) >= 11 is 6.41. The van der Waals surface area contributed by atoms with E-state index in [-0.39, 0.29) is 94.7 Å². The average Bonchev–Trinajstić information content (AvgIpc) is 4.24. The molecule has 0 amide bonds. The second-order valence-corrected chi connectivity index (χ2v) is 18.9. The van der Waals surface area contributed by atoms with E-state index >= 15 is 0 Å². The van der Waals surface area contributed by atoms with E-state index in [1.807, 2.05) is 0 Å². The van der Waals surface area contributed by atoms with Crippen LogP contribution in [-0.2, 0) is 76.4 Å². The maximum Gasteiger partial charge on any atom is 0.350 e. The number of benzene rings is 2. The molecule has 1 aliphatic rings. The zero-order valence-electron chi connectivity index (χ0n) is 42.5. The Kier molecular flexibility index (Phi) is 26.4. The molecular weight excluding hydrogens is 1110 g/mol. The van der Waals surface area contributed by atoms with Crippen molar-refractivity contribution in [3.63, 3.8) is 0 Å². The number of halogens is 6. The van der Waals surface area contributed by atoms with Crippen LogP contribution in [0.2, 0.25) is 5.28 Å². The lowest BCUT2D eigenvalue weighted by atomic mass is 10.1. The van der Waals surface area contributed by atoms with Gasteiger partial charge >= 0.3 is 13.6 Å². The predicted octanol–water partition coefficient (Wildman–Crippen LogP) is 3.53. The van der Waals surface area contributed by atoms with Gasteiger partial charge in [-0.25, -0.2) is 31.3 Å². The zero-order valence-corrected chi connectivity index (χ0v) is 44.1. The standard InChI is InChI=1S/C47H61ClF5N8O17P/c48-47-55-44(35-25-54-61(45(35)56-47)46-41(64)40(63)38(77-46)29-76-30-79(65,66)67)59(26-31-3-1-2-4-34(31)43(52)53)6-9-69-12-15-72-19-20-74-21-22-75-28-33-27-60(58-57-33)7-10-70-13-16-73-18-17-71-14-11-68-8-5-39(62)78-42-36(50)23-32(49)24-37(42)51/h1-4,23-25,27,38,40-41,43,46,63-64H,5-22,26,28-30H2,(H2,65,66,67)/t38-,40-,41-,46-/m1/s1. The lowest BCUT2D eigenvalue weighted by Gasteiger charge is -2.26. The molecule has 0 unspecified atom stereocenters. The fourth-order valence-corrected chi connectivity index (χ4v) is 7.92. The van der Waals surface area contributed by atoms with Gasteiger partial charge in [-0.15, -0.1) is 5.10 Å². The van der Waals surface area contributed by atoms with E-state index in [9.17, 15) is 41.5 Å². The molecule has 1 fully saturated rings. The summed E-state index contributed by atoms with van der Waals surface area (Å²) in [5, 5.41) is 34.0. The highest BCUT2D eigenvalue weighted by molar-refractivity contribution is 7.51. The van der Waals surface area contributed by atoms with Gasteiger partial charge in [0.05, 0.1) is 143 Å².